The molecular weight excluding hydrogens is 224 g/mol. The van der Waals surface area contributed by atoms with Crippen LogP contribution in [0, 0.1) is 5.92 Å². The minimum atomic E-state index is -0.531. The van der Waals surface area contributed by atoms with Crippen molar-refractivity contribution in [3.05, 3.63) is 11.3 Å². The van der Waals surface area contributed by atoms with E-state index in [1.54, 1.807) is 6.92 Å². The molecule has 1 aliphatic carbocycles. The highest BCUT2D eigenvalue weighted by atomic mass is 16.7. The zero-order valence-electron chi connectivity index (χ0n) is 10.1. The fourth-order valence-electron chi connectivity index (χ4n) is 1.91. The average molecular weight is 240 g/mol. The van der Waals surface area contributed by atoms with E-state index in [2.05, 4.69) is 4.99 Å². The van der Waals surface area contributed by atoms with Crippen molar-refractivity contribution < 1.29 is 19.5 Å². The number of aliphatic hydroxyl groups excluding tert-OH is 1. The number of aliphatic imine (C=N–C) groups is 1. The molecular formula is C11H16N2O4. The second-order valence-electron chi connectivity index (χ2n) is 4.18. The first-order valence-electron chi connectivity index (χ1n) is 5.49. The van der Waals surface area contributed by atoms with Gasteiger partial charge < -0.3 is 9.84 Å². The van der Waals surface area contributed by atoms with Gasteiger partial charge in [0.05, 0.1) is 14.2 Å². The number of carbonyl (C=O) groups excluding carboxylic acids is 1. The molecule has 1 fully saturated rings. The van der Waals surface area contributed by atoms with E-state index >= 15 is 0 Å². The fraction of sp³-hybridized carbons (Fsp3) is 0.636. The molecule has 0 radical (unpaired) electrons. The second-order valence-corrected chi connectivity index (χ2v) is 4.18. The summed E-state index contributed by atoms with van der Waals surface area (Å²) in [4.78, 5) is 21.1. The summed E-state index contributed by atoms with van der Waals surface area (Å²) in [5, 5.41) is 11.2. The molecule has 2 rings (SSSR count). The van der Waals surface area contributed by atoms with Gasteiger partial charge in [-0.3, -0.25) is 4.84 Å². The molecule has 6 nitrogen and oxygen atoms in total. The Bertz CT molecular complexity index is 398. The number of ether oxygens (including phenoxy) is 1. The van der Waals surface area contributed by atoms with Crippen LogP contribution in [0.4, 0.5) is 0 Å². The van der Waals surface area contributed by atoms with Crippen molar-refractivity contribution in [3.63, 3.8) is 0 Å². The summed E-state index contributed by atoms with van der Waals surface area (Å²) in [6, 6.07) is 0. The van der Waals surface area contributed by atoms with Gasteiger partial charge in [-0.05, 0) is 19.8 Å². The molecule has 0 bridgehead atoms. The van der Waals surface area contributed by atoms with Gasteiger partial charge in [-0.1, -0.05) is 0 Å². The number of rotatable bonds is 3. The maximum Gasteiger partial charge on any atom is 0.357 e. The first-order chi connectivity index (χ1) is 8.10. The summed E-state index contributed by atoms with van der Waals surface area (Å²) >= 11 is 0. The van der Waals surface area contributed by atoms with Crippen molar-refractivity contribution >= 4 is 11.9 Å². The van der Waals surface area contributed by atoms with Gasteiger partial charge in [0.1, 0.15) is 0 Å². The van der Waals surface area contributed by atoms with Crippen molar-refractivity contribution in [1.82, 2.24) is 5.06 Å². The van der Waals surface area contributed by atoms with Crippen molar-refractivity contribution in [2.24, 2.45) is 10.9 Å². The molecule has 0 aromatic rings. The summed E-state index contributed by atoms with van der Waals surface area (Å²) < 4.78 is 4.70. The monoisotopic (exact) mass is 240 g/mol. The van der Waals surface area contributed by atoms with Gasteiger partial charge in [0.2, 0.25) is 5.90 Å². The van der Waals surface area contributed by atoms with E-state index in [0.29, 0.717) is 11.5 Å². The van der Waals surface area contributed by atoms with E-state index in [4.69, 9.17) is 9.57 Å². The third-order valence-corrected chi connectivity index (χ3v) is 3.02. The lowest BCUT2D eigenvalue weighted by atomic mass is 10.1. The fourth-order valence-corrected chi connectivity index (χ4v) is 1.91. The van der Waals surface area contributed by atoms with Gasteiger partial charge >= 0.3 is 5.97 Å². The highest BCUT2D eigenvalue weighted by molar-refractivity contribution is 6.02. The number of carbonyl (C=O) groups is 1. The van der Waals surface area contributed by atoms with Gasteiger partial charge in [-0.2, -0.15) is 0 Å². The van der Waals surface area contributed by atoms with E-state index < -0.39 is 5.97 Å². The van der Waals surface area contributed by atoms with Crippen molar-refractivity contribution in [2.45, 2.75) is 25.9 Å². The predicted octanol–water partition coefficient (Wildman–Crippen LogP) is 1.00. The molecule has 6 heteroatoms. The first-order valence-corrected chi connectivity index (χ1v) is 5.49. The molecule has 1 unspecified atom stereocenters. The lowest BCUT2D eigenvalue weighted by Gasteiger charge is -2.33. The lowest BCUT2D eigenvalue weighted by Crippen LogP contribution is -2.42. The molecule has 0 saturated heterocycles. The predicted molar refractivity (Wildman–Crippen MR) is 60.1 cm³/mol. The number of hydrogen-bond donors (Lipinski definition) is 1. The van der Waals surface area contributed by atoms with Crippen LogP contribution in [0.15, 0.2) is 16.3 Å². The Morgan fingerprint density at radius 2 is 2.12 bits per heavy atom. The van der Waals surface area contributed by atoms with Gasteiger partial charge in [-0.25, -0.2) is 14.9 Å². The maximum absolute atomic E-state index is 11.7. The Morgan fingerprint density at radius 1 is 1.47 bits per heavy atom. The van der Waals surface area contributed by atoms with Gasteiger partial charge in [0, 0.05) is 11.5 Å². The van der Waals surface area contributed by atoms with E-state index in [-0.39, 0.29) is 17.8 Å². The quantitative estimate of drug-likeness (QED) is 0.745. The largest absolute Gasteiger partial charge is 0.493 e. The maximum atomic E-state index is 11.7. The third kappa shape index (κ3) is 2.00. The molecule has 0 amide bonds. The standard InChI is InChI=1S/C11H16N2O4/c1-6-8(11(15)16-2)13(17-3)9(7-4-5-7)12-10(6)14/h7,9H,4-5H2,1-3H3,(H,12,14). The number of hydrogen-bond acceptors (Lipinski definition) is 5. The van der Waals surface area contributed by atoms with Crippen LogP contribution in [0.25, 0.3) is 0 Å². The Hall–Kier alpha value is -1.56. The zero-order valence-corrected chi connectivity index (χ0v) is 10.1. The molecule has 1 heterocycles. The van der Waals surface area contributed by atoms with E-state index in [1.165, 1.54) is 19.3 Å². The summed E-state index contributed by atoms with van der Waals surface area (Å²) in [6.45, 7) is 1.61. The van der Waals surface area contributed by atoms with Crippen molar-refractivity contribution in [1.29, 1.82) is 0 Å². The SMILES string of the molecule is COC(=O)C1=C(C)C(O)=NC(C2CC2)N1OC. The van der Waals surface area contributed by atoms with Crippen LogP contribution < -0.4 is 0 Å². The molecule has 0 spiro atoms. The molecule has 94 valence electrons. The highest BCUT2D eigenvalue weighted by Gasteiger charge is 2.42. The summed E-state index contributed by atoms with van der Waals surface area (Å²) in [6.07, 6.45) is 1.71. The summed E-state index contributed by atoms with van der Waals surface area (Å²) in [5.41, 5.74) is 0.593. The zero-order chi connectivity index (χ0) is 12.6. The molecule has 0 aromatic carbocycles. The first kappa shape index (κ1) is 11.9. The van der Waals surface area contributed by atoms with Gasteiger partial charge in [0.15, 0.2) is 11.9 Å². The smallest absolute Gasteiger partial charge is 0.357 e. The number of methoxy groups -OCH3 is 1. The second kappa shape index (κ2) is 4.37. The minimum absolute atomic E-state index is 0.115. The van der Waals surface area contributed by atoms with Crippen LogP contribution in [0.5, 0.6) is 0 Å². The number of esters is 1. The van der Waals surface area contributed by atoms with E-state index in [9.17, 15) is 9.90 Å². The van der Waals surface area contributed by atoms with Gasteiger partial charge in [0.25, 0.3) is 0 Å². The van der Waals surface area contributed by atoms with Crippen molar-refractivity contribution in [3.8, 4) is 0 Å². The van der Waals surface area contributed by atoms with Crippen LogP contribution in [0.1, 0.15) is 19.8 Å². The molecule has 2 aliphatic rings. The third-order valence-electron chi connectivity index (χ3n) is 3.02. The summed E-state index contributed by atoms with van der Waals surface area (Å²) in [5.74, 6) is -0.322. The van der Waals surface area contributed by atoms with Crippen molar-refractivity contribution in [2.75, 3.05) is 14.2 Å². The number of aliphatic hydroxyl groups is 1. The Kier molecular flexibility index (Phi) is 3.06. The molecule has 0 aromatic heterocycles. The average Bonchev–Trinajstić information content (AvgIpc) is 3.14. The molecule has 1 saturated carbocycles. The van der Waals surface area contributed by atoms with Crippen LogP contribution in [-0.2, 0) is 14.4 Å². The van der Waals surface area contributed by atoms with Crippen LogP contribution in [0.2, 0.25) is 0 Å². The molecule has 17 heavy (non-hydrogen) atoms. The molecule has 1 N–H and O–H groups in total. The van der Waals surface area contributed by atoms with Crippen LogP contribution in [0.3, 0.4) is 0 Å². The lowest BCUT2D eigenvalue weighted by molar-refractivity contribution is -0.163. The van der Waals surface area contributed by atoms with Crippen LogP contribution >= 0.6 is 0 Å². The normalized spacial score (nSPS) is 24.8. The van der Waals surface area contributed by atoms with E-state index in [0.717, 1.165) is 12.8 Å². The Morgan fingerprint density at radius 3 is 2.59 bits per heavy atom. The summed E-state index contributed by atoms with van der Waals surface area (Å²) in [7, 11) is 2.77. The molecule has 1 atom stereocenters. The topological polar surface area (TPSA) is 71.4 Å². The number of hydroxylamine groups is 2. The Balaban J connectivity index is 2.38. The van der Waals surface area contributed by atoms with Gasteiger partial charge in [-0.15, -0.1) is 0 Å². The molecule has 1 aliphatic heterocycles. The minimum Gasteiger partial charge on any atom is -0.493 e. The Labute approximate surface area is 99.5 Å². The number of nitrogens with zero attached hydrogens (tertiary/aromatic N) is 2. The van der Waals surface area contributed by atoms with E-state index in [1.807, 2.05) is 0 Å². The van der Waals surface area contributed by atoms with Crippen LogP contribution in [-0.4, -0.2) is 42.4 Å². The highest BCUT2D eigenvalue weighted by Crippen LogP contribution is 2.39.